The van der Waals surface area contributed by atoms with Crippen LogP contribution in [-0.4, -0.2) is 21.2 Å². The molecule has 0 amide bonds. The van der Waals surface area contributed by atoms with E-state index in [9.17, 15) is 5.11 Å². The molecule has 2 aromatic rings. The van der Waals surface area contributed by atoms with Gasteiger partial charge in [0.1, 0.15) is 0 Å². The fourth-order valence-corrected chi connectivity index (χ4v) is 2.90. The Hall–Kier alpha value is -1.74. The van der Waals surface area contributed by atoms with Crippen LogP contribution >= 0.6 is 0 Å². The molecule has 98 valence electrons. The van der Waals surface area contributed by atoms with Crippen molar-refractivity contribution < 1.29 is 5.11 Å². The van der Waals surface area contributed by atoms with E-state index >= 15 is 0 Å². The zero-order valence-corrected chi connectivity index (χ0v) is 10.9. The third-order valence-corrected chi connectivity index (χ3v) is 3.85. The van der Waals surface area contributed by atoms with E-state index in [0.29, 0.717) is 6.42 Å². The third kappa shape index (κ3) is 2.66. The van der Waals surface area contributed by atoms with Gasteiger partial charge in [-0.3, -0.25) is 9.97 Å². The van der Waals surface area contributed by atoms with Crippen molar-refractivity contribution in [1.29, 1.82) is 0 Å². The minimum absolute atomic E-state index is 0.145. The molecule has 1 N–H and O–H groups in total. The summed E-state index contributed by atoms with van der Waals surface area (Å²) < 4.78 is 0. The minimum Gasteiger partial charge on any atom is -0.392 e. The maximum Gasteiger partial charge on any atom is 0.0679 e. The van der Waals surface area contributed by atoms with Crippen LogP contribution < -0.4 is 0 Å². The second-order valence-corrected chi connectivity index (χ2v) is 5.14. The molecule has 0 fully saturated rings. The van der Waals surface area contributed by atoms with Gasteiger partial charge in [-0.25, -0.2) is 0 Å². The molecule has 0 spiro atoms. The highest BCUT2D eigenvalue weighted by Crippen LogP contribution is 2.33. The number of hydrogen-bond donors (Lipinski definition) is 1. The van der Waals surface area contributed by atoms with Crippen LogP contribution in [0.15, 0.2) is 42.7 Å². The Bertz CT molecular complexity index is 541. The average molecular weight is 254 g/mol. The first-order valence-electron chi connectivity index (χ1n) is 6.86. The van der Waals surface area contributed by atoms with Crippen LogP contribution in [0.3, 0.4) is 0 Å². The summed E-state index contributed by atoms with van der Waals surface area (Å²) in [6.07, 6.45) is 7.02. The molecule has 0 aromatic carbocycles. The van der Waals surface area contributed by atoms with E-state index in [1.165, 1.54) is 5.56 Å². The topological polar surface area (TPSA) is 46.0 Å². The van der Waals surface area contributed by atoms with Gasteiger partial charge in [-0.2, -0.15) is 0 Å². The quantitative estimate of drug-likeness (QED) is 0.915. The van der Waals surface area contributed by atoms with E-state index in [-0.39, 0.29) is 5.92 Å². The summed E-state index contributed by atoms with van der Waals surface area (Å²) in [4.78, 5) is 8.77. The Kier molecular flexibility index (Phi) is 3.56. The first-order chi connectivity index (χ1) is 9.34. The van der Waals surface area contributed by atoms with Crippen molar-refractivity contribution in [3.8, 4) is 0 Å². The average Bonchev–Trinajstić information content (AvgIpc) is 2.47. The van der Waals surface area contributed by atoms with Crippen LogP contribution in [-0.2, 0) is 12.8 Å². The molecule has 2 unspecified atom stereocenters. The van der Waals surface area contributed by atoms with Gasteiger partial charge in [-0.1, -0.05) is 12.1 Å². The summed E-state index contributed by atoms with van der Waals surface area (Å²) in [6, 6.07) is 9.93. The van der Waals surface area contributed by atoms with Gasteiger partial charge >= 0.3 is 0 Å². The smallest absolute Gasteiger partial charge is 0.0679 e. The van der Waals surface area contributed by atoms with Crippen LogP contribution in [0.4, 0.5) is 0 Å². The summed E-state index contributed by atoms with van der Waals surface area (Å²) in [5, 5.41) is 10.5. The summed E-state index contributed by atoms with van der Waals surface area (Å²) in [5.41, 5.74) is 3.31. The van der Waals surface area contributed by atoms with E-state index in [2.05, 4.69) is 16.0 Å². The molecule has 0 bridgehead atoms. The Morgan fingerprint density at radius 2 is 2.05 bits per heavy atom. The number of aromatic nitrogens is 2. The summed E-state index contributed by atoms with van der Waals surface area (Å²) in [5.74, 6) is 0.145. The Labute approximate surface area is 113 Å². The van der Waals surface area contributed by atoms with Crippen LogP contribution in [0.2, 0.25) is 0 Å². The number of aliphatic hydroxyl groups excluding tert-OH is 1. The van der Waals surface area contributed by atoms with Crippen molar-refractivity contribution in [3.63, 3.8) is 0 Å². The first-order valence-corrected chi connectivity index (χ1v) is 6.86. The zero-order chi connectivity index (χ0) is 13.1. The third-order valence-electron chi connectivity index (χ3n) is 3.85. The number of pyridine rings is 2. The largest absolute Gasteiger partial charge is 0.392 e. The van der Waals surface area contributed by atoms with E-state index < -0.39 is 6.10 Å². The fourth-order valence-electron chi connectivity index (χ4n) is 2.90. The van der Waals surface area contributed by atoms with Gasteiger partial charge in [0.2, 0.25) is 0 Å². The molecule has 1 aliphatic carbocycles. The molecule has 2 aromatic heterocycles. The molecule has 19 heavy (non-hydrogen) atoms. The van der Waals surface area contributed by atoms with Crippen molar-refractivity contribution in [3.05, 3.63) is 59.7 Å². The van der Waals surface area contributed by atoms with Crippen molar-refractivity contribution in [1.82, 2.24) is 9.97 Å². The van der Waals surface area contributed by atoms with Crippen molar-refractivity contribution in [2.24, 2.45) is 0 Å². The number of nitrogens with zero attached hydrogens (tertiary/aromatic N) is 2. The van der Waals surface area contributed by atoms with E-state index in [1.807, 2.05) is 30.5 Å². The Balaban J connectivity index is 1.80. The SMILES string of the molecule is OC(Cc1ccccn1)C1CCCc2cccnc21. The van der Waals surface area contributed by atoms with Crippen LogP contribution in [0, 0.1) is 0 Å². The molecular formula is C16H18N2O. The summed E-state index contributed by atoms with van der Waals surface area (Å²) in [7, 11) is 0. The van der Waals surface area contributed by atoms with E-state index in [1.54, 1.807) is 6.20 Å². The van der Waals surface area contributed by atoms with Gasteiger partial charge in [-0.05, 0) is 43.0 Å². The highest BCUT2D eigenvalue weighted by atomic mass is 16.3. The predicted octanol–water partition coefficient (Wildman–Crippen LogP) is 2.50. The van der Waals surface area contributed by atoms with Crippen molar-refractivity contribution in [2.45, 2.75) is 37.7 Å². The van der Waals surface area contributed by atoms with Gasteiger partial charge in [0.25, 0.3) is 0 Å². The van der Waals surface area contributed by atoms with Gasteiger partial charge < -0.3 is 5.11 Å². The fraction of sp³-hybridized carbons (Fsp3) is 0.375. The maximum absolute atomic E-state index is 10.5. The normalized spacial score (nSPS) is 19.7. The molecule has 3 nitrogen and oxygen atoms in total. The molecule has 1 aliphatic rings. The molecule has 0 radical (unpaired) electrons. The predicted molar refractivity (Wildman–Crippen MR) is 73.9 cm³/mol. The van der Waals surface area contributed by atoms with Gasteiger partial charge in [0, 0.05) is 36.1 Å². The lowest BCUT2D eigenvalue weighted by Crippen LogP contribution is -2.26. The molecule has 3 heteroatoms. The number of rotatable bonds is 3. The lowest BCUT2D eigenvalue weighted by atomic mass is 9.82. The molecule has 0 aliphatic heterocycles. The van der Waals surface area contributed by atoms with Gasteiger partial charge in [0.05, 0.1) is 6.10 Å². The summed E-state index contributed by atoms with van der Waals surface area (Å²) in [6.45, 7) is 0. The highest BCUT2D eigenvalue weighted by molar-refractivity contribution is 5.27. The molecule has 0 saturated carbocycles. The molecule has 2 atom stereocenters. The Morgan fingerprint density at radius 3 is 2.89 bits per heavy atom. The van der Waals surface area contributed by atoms with Crippen LogP contribution in [0.5, 0.6) is 0 Å². The van der Waals surface area contributed by atoms with Crippen LogP contribution in [0.25, 0.3) is 0 Å². The highest BCUT2D eigenvalue weighted by Gasteiger charge is 2.27. The minimum atomic E-state index is -0.399. The zero-order valence-electron chi connectivity index (χ0n) is 10.9. The number of fused-ring (bicyclic) bond motifs is 1. The summed E-state index contributed by atoms with van der Waals surface area (Å²) >= 11 is 0. The van der Waals surface area contributed by atoms with Crippen molar-refractivity contribution >= 4 is 0 Å². The lowest BCUT2D eigenvalue weighted by molar-refractivity contribution is 0.131. The maximum atomic E-state index is 10.5. The number of hydrogen-bond acceptors (Lipinski definition) is 3. The molecule has 0 saturated heterocycles. The Morgan fingerprint density at radius 1 is 1.16 bits per heavy atom. The van der Waals surface area contributed by atoms with Gasteiger partial charge in [-0.15, -0.1) is 0 Å². The number of aryl methyl sites for hydroxylation is 1. The van der Waals surface area contributed by atoms with Crippen LogP contribution in [0.1, 0.15) is 35.7 Å². The lowest BCUT2D eigenvalue weighted by Gasteiger charge is -2.28. The standard InChI is InChI=1S/C16H18N2O/c19-15(11-13-7-1-2-9-17-13)14-8-3-5-12-6-4-10-18-16(12)14/h1-2,4,6-7,9-10,14-15,19H,3,5,8,11H2. The van der Waals surface area contributed by atoms with E-state index in [4.69, 9.17) is 0 Å². The number of aliphatic hydroxyl groups is 1. The molecule has 3 rings (SSSR count). The van der Waals surface area contributed by atoms with Gasteiger partial charge in [0.15, 0.2) is 0 Å². The molecular weight excluding hydrogens is 236 g/mol. The molecule has 2 heterocycles. The first kappa shape index (κ1) is 12.3. The monoisotopic (exact) mass is 254 g/mol. The second-order valence-electron chi connectivity index (χ2n) is 5.14. The van der Waals surface area contributed by atoms with E-state index in [0.717, 1.165) is 30.7 Å². The van der Waals surface area contributed by atoms with Crippen molar-refractivity contribution in [2.75, 3.05) is 0 Å². The second kappa shape index (κ2) is 5.49.